The summed E-state index contributed by atoms with van der Waals surface area (Å²) in [5.74, 6) is -2.98. The topological polar surface area (TPSA) is 67.4 Å². The second-order valence-electron chi connectivity index (χ2n) is 8.70. The third-order valence-corrected chi connectivity index (χ3v) is 6.60. The largest absolute Gasteiger partial charge is 0.484 e. The third kappa shape index (κ3) is 5.11. The molecular formula is C23H20ClF5N2O3. The van der Waals surface area contributed by atoms with E-state index in [1.165, 1.54) is 18.2 Å². The molecule has 0 saturated heterocycles. The maximum absolute atomic E-state index is 13.5. The Hall–Kier alpha value is -2.88. The molecule has 3 aliphatic rings. The highest BCUT2D eigenvalue weighted by molar-refractivity contribution is 6.30. The number of ether oxygens (including phenoxy) is 1. The van der Waals surface area contributed by atoms with Crippen LogP contribution in [0.5, 0.6) is 5.75 Å². The maximum atomic E-state index is 13.5. The van der Waals surface area contributed by atoms with E-state index in [0.717, 1.165) is 12.1 Å². The molecule has 34 heavy (non-hydrogen) atoms. The molecule has 0 aromatic heterocycles. The monoisotopic (exact) mass is 502 g/mol. The van der Waals surface area contributed by atoms with Crippen molar-refractivity contribution >= 4 is 23.4 Å². The van der Waals surface area contributed by atoms with Crippen LogP contribution in [0.2, 0.25) is 5.02 Å². The Bertz CT molecular complexity index is 1120. The zero-order valence-electron chi connectivity index (χ0n) is 17.6. The van der Waals surface area contributed by atoms with Gasteiger partial charge >= 0.3 is 6.18 Å². The number of nitrogens with one attached hydrogen (secondary N) is 2. The summed E-state index contributed by atoms with van der Waals surface area (Å²) in [6.07, 6.45) is -3.24. The summed E-state index contributed by atoms with van der Waals surface area (Å²) < 4.78 is 70.8. The molecule has 0 radical (unpaired) electrons. The molecular weight excluding hydrogens is 483 g/mol. The average Bonchev–Trinajstić information content (AvgIpc) is 3.28. The van der Waals surface area contributed by atoms with Crippen LogP contribution in [0.15, 0.2) is 36.4 Å². The van der Waals surface area contributed by atoms with Crippen molar-refractivity contribution in [1.29, 1.82) is 0 Å². The van der Waals surface area contributed by atoms with Gasteiger partial charge in [0.15, 0.2) is 6.61 Å². The SMILES string of the molecule is O=C(COc1ccc(Cl)c(F)c1)NC12CC(C1)[C@H](C(=O)NCc1ccc(F)c(C(F)(F)F)c1)C2. The molecule has 3 fully saturated rings. The van der Waals surface area contributed by atoms with E-state index < -0.39 is 40.7 Å². The van der Waals surface area contributed by atoms with Gasteiger partial charge in [0.25, 0.3) is 5.91 Å². The number of rotatable bonds is 7. The van der Waals surface area contributed by atoms with Crippen molar-refractivity contribution in [3.63, 3.8) is 0 Å². The van der Waals surface area contributed by atoms with Crippen LogP contribution in [0.4, 0.5) is 22.0 Å². The summed E-state index contributed by atoms with van der Waals surface area (Å²) in [4.78, 5) is 24.9. The van der Waals surface area contributed by atoms with Gasteiger partial charge in [0.1, 0.15) is 17.4 Å². The first-order valence-electron chi connectivity index (χ1n) is 10.5. The number of hydrogen-bond acceptors (Lipinski definition) is 3. The summed E-state index contributed by atoms with van der Waals surface area (Å²) >= 11 is 5.61. The predicted molar refractivity (Wildman–Crippen MR) is 112 cm³/mol. The first kappa shape index (κ1) is 24.3. The molecule has 0 heterocycles. The molecule has 0 unspecified atom stereocenters. The van der Waals surface area contributed by atoms with Gasteiger partial charge in [-0.3, -0.25) is 9.59 Å². The Morgan fingerprint density at radius 3 is 2.47 bits per heavy atom. The highest BCUT2D eigenvalue weighted by Gasteiger charge is 2.58. The van der Waals surface area contributed by atoms with E-state index >= 15 is 0 Å². The van der Waals surface area contributed by atoms with Crippen LogP contribution in [-0.4, -0.2) is 24.0 Å². The van der Waals surface area contributed by atoms with Crippen molar-refractivity contribution in [2.45, 2.75) is 37.5 Å². The van der Waals surface area contributed by atoms with E-state index in [1.54, 1.807) is 0 Å². The molecule has 2 aromatic carbocycles. The van der Waals surface area contributed by atoms with Crippen LogP contribution in [0.1, 0.15) is 30.4 Å². The lowest BCUT2D eigenvalue weighted by Gasteiger charge is -2.39. The fourth-order valence-electron chi connectivity index (χ4n) is 4.71. The van der Waals surface area contributed by atoms with Gasteiger partial charge < -0.3 is 15.4 Å². The third-order valence-electron chi connectivity index (χ3n) is 6.29. The van der Waals surface area contributed by atoms with Crippen LogP contribution >= 0.6 is 11.6 Å². The molecule has 2 bridgehead atoms. The normalized spacial score (nSPS) is 23.2. The fourth-order valence-corrected chi connectivity index (χ4v) is 4.83. The number of carbonyl (C=O) groups is 2. The number of halogens is 6. The van der Waals surface area contributed by atoms with E-state index in [2.05, 4.69) is 10.6 Å². The molecule has 5 rings (SSSR count). The van der Waals surface area contributed by atoms with Crippen molar-refractivity contribution in [2.24, 2.45) is 11.8 Å². The minimum absolute atomic E-state index is 0.0468. The lowest BCUT2D eigenvalue weighted by Crippen LogP contribution is -2.53. The fraction of sp³-hybridized carbons (Fsp3) is 0.391. The predicted octanol–water partition coefficient (Wildman–Crippen LogP) is 4.62. The Morgan fingerprint density at radius 2 is 1.79 bits per heavy atom. The Kier molecular flexibility index (Phi) is 6.46. The van der Waals surface area contributed by atoms with E-state index in [-0.39, 0.29) is 41.3 Å². The summed E-state index contributed by atoms with van der Waals surface area (Å²) in [5, 5.41) is 5.42. The molecule has 3 aliphatic carbocycles. The summed E-state index contributed by atoms with van der Waals surface area (Å²) in [7, 11) is 0. The smallest absolute Gasteiger partial charge is 0.419 e. The molecule has 182 valence electrons. The minimum Gasteiger partial charge on any atom is -0.484 e. The number of amides is 2. The van der Waals surface area contributed by atoms with Crippen molar-refractivity contribution in [3.8, 4) is 5.75 Å². The van der Waals surface area contributed by atoms with E-state index in [0.29, 0.717) is 25.3 Å². The first-order chi connectivity index (χ1) is 16.0. The highest BCUT2D eigenvalue weighted by atomic mass is 35.5. The summed E-state index contributed by atoms with van der Waals surface area (Å²) in [6.45, 7) is -0.507. The second-order valence-corrected chi connectivity index (χ2v) is 9.11. The molecule has 0 spiro atoms. The lowest BCUT2D eigenvalue weighted by molar-refractivity contribution is -0.140. The highest BCUT2D eigenvalue weighted by Crippen LogP contribution is 2.55. The quantitative estimate of drug-likeness (QED) is 0.543. The number of fused-ring (bicyclic) bond motifs is 1. The Labute approximate surface area is 196 Å². The Morgan fingerprint density at radius 1 is 1.06 bits per heavy atom. The molecule has 2 aromatic rings. The van der Waals surface area contributed by atoms with Crippen LogP contribution in [0, 0.1) is 23.5 Å². The molecule has 5 nitrogen and oxygen atoms in total. The van der Waals surface area contributed by atoms with Crippen molar-refractivity contribution < 1.29 is 36.3 Å². The maximum Gasteiger partial charge on any atom is 0.419 e. The zero-order valence-corrected chi connectivity index (χ0v) is 18.4. The summed E-state index contributed by atoms with van der Waals surface area (Å²) in [6, 6.07) is 6.41. The van der Waals surface area contributed by atoms with E-state index in [9.17, 15) is 31.5 Å². The van der Waals surface area contributed by atoms with Crippen LogP contribution in [0.25, 0.3) is 0 Å². The number of carbonyl (C=O) groups excluding carboxylic acids is 2. The lowest BCUT2D eigenvalue weighted by atomic mass is 9.76. The number of alkyl halides is 3. The van der Waals surface area contributed by atoms with Crippen LogP contribution < -0.4 is 15.4 Å². The van der Waals surface area contributed by atoms with Gasteiger partial charge in [-0.15, -0.1) is 0 Å². The summed E-state index contributed by atoms with van der Waals surface area (Å²) in [5.41, 5.74) is -1.80. The van der Waals surface area contributed by atoms with Gasteiger partial charge in [0, 0.05) is 24.1 Å². The van der Waals surface area contributed by atoms with Gasteiger partial charge in [-0.1, -0.05) is 17.7 Å². The molecule has 11 heteroatoms. The van der Waals surface area contributed by atoms with Gasteiger partial charge in [0.05, 0.1) is 10.6 Å². The molecule has 3 saturated carbocycles. The second kappa shape index (κ2) is 9.05. The standard InChI is InChI=1S/C23H20ClF5N2O3/c24-17-3-2-14(6-19(17)26)34-11-20(32)31-22-7-13(8-22)15(9-22)21(33)30-10-12-1-4-18(25)16(5-12)23(27,28)29/h1-6,13,15H,7-11H2,(H,30,33)(H,31,32)/t13?,15-,22?/m1/s1. The Balaban J connectivity index is 1.27. The number of benzene rings is 2. The first-order valence-corrected chi connectivity index (χ1v) is 10.9. The molecule has 2 amide bonds. The molecule has 1 atom stereocenters. The van der Waals surface area contributed by atoms with Crippen LogP contribution in [0.3, 0.4) is 0 Å². The van der Waals surface area contributed by atoms with Gasteiger partial charge in [-0.05, 0) is 55.0 Å². The number of hydrogen-bond donors (Lipinski definition) is 2. The molecule has 2 N–H and O–H groups in total. The van der Waals surface area contributed by atoms with E-state index in [1.807, 2.05) is 0 Å². The minimum atomic E-state index is -4.83. The zero-order chi connectivity index (χ0) is 24.7. The average molecular weight is 503 g/mol. The van der Waals surface area contributed by atoms with Gasteiger partial charge in [-0.25, -0.2) is 8.78 Å². The molecule has 0 aliphatic heterocycles. The van der Waals surface area contributed by atoms with Gasteiger partial charge in [-0.2, -0.15) is 13.2 Å². The van der Waals surface area contributed by atoms with Crippen molar-refractivity contribution in [1.82, 2.24) is 10.6 Å². The van der Waals surface area contributed by atoms with Crippen LogP contribution in [-0.2, 0) is 22.3 Å². The van der Waals surface area contributed by atoms with Gasteiger partial charge in [0.2, 0.25) is 5.91 Å². The van der Waals surface area contributed by atoms with Crippen molar-refractivity contribution in [2.75, 3.05) is 6.61 Å². The van der Waals surface area contributed by atoms with Crippen molar-refractivity contribution in [3.05, 3.63) is 64.2 Å². The van der Waals surface area contributed by atoms with E-state index in [4.69, 9.17) is 16.3 Å².